The van der Waals surface area contributed by atoms with Gasteiger partial charge in [0.2, 0.25) is 0 Å². The van der Waals surface area contributed by atoms with Crippen molar-refractivity contribution >= 4 is 6.09 Å². The van der Waals surface area contributed by atoms with Gasteiger partial charge in [0.25, 0.3) is 0 Å². The number of rotatable bonds is 5. The molecule has 1 rings (SSSR count). The lowest BCUT2D eigenvalue weighted by Gasteiger charge is -2.41. The van der Waals surface area contributed by atoms with E-state index in [0.29, 0.717) is 26.5 Å². The lowest BCUT2D eigenvalue weighted by molar-refractivity contribution is -0.159. The number of ether oxygens (including phenoxy) is 3. The molecule has 0 bridgehead atoms. The Bertz CT molecular complexity index is 303. The molecule has 1 saturated heterocycles. The Hall–Kier alpha value is -0.810. The molecule has 1 aliphatic rings. The topological polar surface area (TPSA) is 48.0 Å². The Morgan fingerprint density at radius 1 is 1.20 bits per heavy atom. The molecule has 0 aromatic carbocycles. The standard InChI is InChI=1S/C15H29NO4/c1-6-15(19-12-18-7-2)8-10-16(11-9-15)13(17)20-14(3,4)5/h6-12H2,1-5H3. The fraction of sp³-hybridized carbons (Fsp3) is 0.933. The van der Waals surface area contributed by atoms with E-state index >= 15 is 0 Å². The first-order chi connectivity index (χ1) is 9.32. The minimum Gasteiger partial charge on any atom is -0.444 e. The van der Waals surface area contributed by atoms with Crippen LogP contribution in [0.2, 0.25) is 0 Å². The number of likely N-dealkylation sites (tertiary alicyclic amines) is 1. The molecule has 5 heteroatoms. The van der Waals surface area contributed by atoms with Crippen LogP contribution in [0.3, 0.4) is 0 Å². The number of hydrogen-bond donors (Lipinski definition) is 0. The van der Waals surface area contributed by atoms with Crippen LogP contribution in [-0.4, -0.2) is 48.7 Å². The monoisotopic (exact) mass is 287 g/mol. The Morgan fingerprint density at radius 3 is 2.25 bits per heavy atom. The molecule has 1 heterocycles. The van der Waals surface area contributed by atoms with E-state index in [9.17, 15) is 4.79 Å². The van der Waals surface area contributed by atoms with Crippen LogP contribution in [-0.2, 0) is 14.2 Å². The summed E-state index contributed by atoms with van der Waals surface area (Å²) in [6, 6.07) is 0. The minimum atomic E-state index is -0.443. The maximum Gasteiger partial charge on any atom is 0.410 e. The van der Waals surface area contributed by atoms with Crippen molar-refractivity contribution in [2.45, 2.75) is 65.1 Å². The van der Waals surface area contributed by atoms with Gasteiger partial charge in [-0.15, -0.1) is 0 Å². The van der Waals surface area contributed by atoms with Gasteiger partial charge in [-0.2, -0.15) is 0 Å². The second kappa shape index (κ2) is 7.27. The second-order valence-corrected chi connectivity index (χ2v) is 6.26. The highest BCUT2D eigenvalue weighted by Crippen LogP contribution is 2.30. The third-order valence-corrected chi connectivity index (χ3v) is 3.62. The number of carbonyl (C=O) groups excluding carboxylic acids is 1. The van der Waals surface area contributed by atoms with Crippen LogP contribution in [0.25, 0.3) is 0 Å². The SMILES string of the molecule is CCOCOC1(CC)CCN(C(=O)OC(C)(C)C)CC1. The molecule has 0 saturated carbocycles. The molecule has 0 atom stereocenters. The summed E-state index contributed by atoms with van der Waals surface area (Å²) in [6.45, 7) is 12.1. The fourth-order valence-corrected chi connectivity index (χ4v) is 2.27. The molecule has 1 fully saturated rings. The number of piperidine rings is 1. The first-order valence-corrected chi connectivity index (χ1v) is 7.51. The van der Waals surface area contributed by atoms with Crippen LogP contribution in [0.5, 0.6) is 0 Å². The van der Waals surface area contributed by atoms with E-state index in [1.54, 1.807) is 4.90 Å². The minimum absolute atomic E-state index is 0.159. The normalized spacial score (nSPS) is 18.9. The molecule has 1 aliphatic heterocycles. The number of carbonyl (C=O) groups is 1. The Labute approximate surface area is 122 Å². The van der Waals surface area contributed by atoms with Gasteiger partial charge < -0.3 is 19.1 Å². The van der Waals surface area contributed by atoms with Crippen LogP contribution >= 0.6 is 0 Å². The van der Waals surface area contributed by atoms with Crippen LogP contribution in [0.1, 0.15) is 53.9 Å². The lowest BCUT2D eigenvalue weighted by atomic mass is 9.89. The predicted molar refractivity (Wildman–Crippen MR) is 77.6 cm³/mol. The van der Waals surface area contributed by atoms with Crippen LogP contribution < -0.4 is 0 Å². The van der Waals surface area contributed by atoms with Crippen molar-refractivity contribution in [1.82, 2.24) is 4.90 Å². The summed E-state index contributed by atoms with van der Waals surface area (Å²) >= 11 is 0. The molecule has 118 valence electrons. The molecule has 0 N–H and O–H groups in total. The van der Waals surface area contributed by atoms with E-state index in [1.165, 1.54) is 0 Å². The van der Waals surface area contributed by atoms with Crippen LogP contribution in [0.4, 0.5) is 4.79 Å². The van der Waals surface area contributed by atoms with Crippen molar-refractivity contribution in [2.24, 2.45) is 0 Å². The van der Waals surface area contributed by atoms with Gasteiger partial charge in [0.1, 0.15) is 12.4 Å². The maximum atomic E-state index is 12.0. The van der Waals surface area contributed by atoms with Crippen molar-refractivity contribution in [1.29, 1.82) is 0 Å². The zero-order valence-electron chi connectivity index (χ0n) is 13.5. The van der Waals surface area contributed by atoms with Crippen molar-refractivity contribution in [3.05, 3.63) is 0 Å². The average molecular weight is 287 g/mol. The fourth-order valence-electron chi connectivity index (χ4n) is 2.27. The molecular formula is C15H29NO4. The predicted octanol–water partition coefficient (Wildman–Crippen LogP) is 3.18. The highest BCUT2D eigenvalue weighted by molar-refractivity contribution is 5.68. The molecule has 1 amide bonds. The van der Waals surface area contributed by atoms with E-state index in [1.807, 2.05) is 27.7 Å². The van der Waals surface area contributed by atoms with E-state index in [-0.39, 0.29) is 11.7 Å². The van der Waals surface area contributed by atoms with Crippen molar-refractivity contribution in [3.63, 3.8) is 0 Å². The van der Waals surface area contributed by atoms with Gasteiger partial charge in [-0.1, -0.05) is 6.92 Å². The molecule has 20 heavy (non-hydrogen) atoms. The quantitative estimate of drug-likeness (QED) is 0.575. The van der Waals surface area contributed by atoms with Crippen LogP contribution in [0, 0.1) is 0 Å². The van der Waals surface area contributed by atoms with Crippen LogP contribution in [0.15, 0.2) is 0 Å². The van der Waals surface area contributed by atoms with E-state index in [0.717, 1.165) is 19.3 Å². The summed E-state index contributed by atoms with van der Waals surface area (Å²) in [7, 11) is 0. The zero-order chi connectivity index (χ0) is 15.2. The third-order valence-electron chi connectivity index (χ3n) is 3.62. The number of hydrogen-bond acceptors (Lipinski definition) is 4. The molecule has 0 aromatic rings. The number of amides is 1. The summed E-state index contributed by atoms with van der Waals surface area (Å²) in [6.07, 6.45) is 2.36. The molecule has 0 radical (unpaired) electrons. The maximum absolute atomic E-state index is 12.0. The largest absolute Gasteiger partial charge is 0.444 e. The van der Waals surface area contributed by atoms with Crippen molar-refractivity contribution in [2.75, 3.05) is 26.5 Å². The van der Waals surface area contributed by atoms with Gasteiger partial charge in [0.05, 0.1) is 5.60 Å². The Balaban J connectivity index is 2.46. The summed E-state index contributed by atoms with van der Waals surface area (Å²) in [5.74, 6) is 0. The zero-order valence-corrected chi connectivity index (χ0v) is 13.5. The van der Waals surface area contributed by atoms with Gasteiger partial charge >= 0.3 is 6.09 Å². The van der Waals surface area contributed by atoms with E-state index < -0.39 is 5.60 Å². The highest BCUT2D eigenvalue weighted by Gasteiger charge is 2.36. The highest BCUT2D eigenvalue weighted by atomic mass is 16.7. The molecule has 5 nitrogen and oxygen atoms in total. The number of nitrogens with zero attached hydrogens (tertiary/aromatic N) is 1. The van der Waals surface area contributed by atoms with Gasteiger partial charge in [0, 0.05) is 19.7 Å². The summed E-state index contributed by atoms with van der Waals surface area (Å²) in [5, 5.41) is 0. The smallest absolute Gasteiger partial charge is 0.410 e. The molecule has 0 aromatic heterocycles. The van der Waals surface area contributed by atoms with Crippen molar-refractivity contribution < 1.29 is 19.0 Å². The van der Waals surface area contributed by atoms with Gasteiger partial charge in [-0.25, -0.2) is 4.79 Å². The first-order valence-electron chi connectivity index (χ1n) is 7.51. The van der Waals surface area contributed by atoms with E-state index in [2.05, 4.69) is 6.92 Å². The molecule has 0 unspecified atom stereocenters. The third kappa shape index (κ3) is 5.29. The Kier molecular flexibility index (Phi) is 6.27. The summed E-state index contributed by atoms with van der Waals surface area (Å²) < 4.78 is 16.6. The first kappa shape index (κ1) is 17.2. The summed E-state index contributed by atoms with van der Waals surface area (Å²) in [5.41, 5.74) is -0.602. The molecule has 0 spiro atoms. The molecule has 0 aliphatic carbocycles. The van der Waals surface area contributed by atoms with Crippen molar-refractivity contribution in [3.8, 4) is 0 Å². The average Bonchev–Trinajstić information content (AvgIpc) is 2.38. The summed E-state index contributed by atoms with van der Waals surface area (Å²) in [4.78, 5) is 13.8. The van der Waals surface area contributed by atoms with Gasteiger partial charge in [-0.05, 0) is 47.0 Å². The van der Waals surface area contributed by atoms with Gasteiger partial charge in [-0.3, -0.25) is 0 Å². The van der Waals surface area contributed by atoms with E-state index in [4.69, 9.17) is 14.2 Å². The molecular weight excluding hydrogens is 258 g/mol. The van der Waals surface area contributed by atoms with Gasteiger partial charge in [0.15, 0.2) is 0 Å². The Morgan fingerprint density at radius 2 is 1.80 bits per heavy atom. The second-order valence-electron chi connectivity index (χ2n) is 6.26. The lowest BCUT2D eigenvalue weighted by Crippen LogP contribution is -2.49.